The summed E-state index contributed by atoms with van der Waals surface area (Å²) in [6, 6.07) is 6.90. The molecule has 0 bridgehead atoms. The molecule has 0 radical (unpaired) electrons. The van der Waals surface area contributed by atoms with Crippen molar-refractivity contribution < 1.29 is 19.1 Å². The molecular weight excluding hydrogens is 420 g/mol. The minimum atomic E-state index is -1.32. The van der Waals surface area contributed by atoms with Gasteiger partial charge in [-0.25, -0.2) is 0 Å². The molecule has 1 aliphatic rings. The van der Waals surface area contributed by atoms with Crippen LogP contribution in [-0.4, -0.2) is 71.2 Å². The van der Waals surface area contributed by atoms with Crippen LogP contribution >= 0.6 is 11.6 Å². The molecule has 8 nitrogen and oxygen atoms in total. The van der Waals surface area contributed by atoms with Crippen molar-refractivity contribution in [1.82, 2.24) is 19.6 Å². The number of amides is 3. The Bertz CT molecular complexity index is 976. The summed E-state index contributed by atoms with van der Waals surface area (Å²) in [5.41, 5.74) is 0.202. The monoisotopic (exact) mass is 446 g/mol. The Morgan fingerprint density at radius 2 is 2.06 bits per heavy atom. The van der Waals surface area contributed by atoms with Gasteiger partial charge in [0.2, 0.25) is 17.7 Å². The topological polar surface area (TPSA) is 84.7 Å². The summed E-state index contributed by atoms with van der Waals surface area (Å²) >= 11 is 6.42. The minimum Gasteiger partial charge on any atom is -0.383 e. The lowest BCUT2D eigenvalue weighted by Crippen LogP contribution is -2.44. The second-order valence-corrected chi connectivity index (χ2v) is 8.25. The van der Waals surface area contributed by atoms with Crippen LogP contribution in [0.3, 0.4) is 0 Å². The van der Waals surface area contributed by atoms with E-state index in [1.807, 2.05) is 13.2 Å². The second-order valence-electron chi connectivity index (χ2n) is 7.85. The Kier molecular flexibility index (Phi) is 7.12. The largest absolute Gasteiger partial charge is 0.383 e. The number of halogens is 1. The fraction of sp³-hybridized carbons (Fsp3) is 0.455. The molecule has 9 heteroatoms. The van der Waals surface area contributed by atoms with Crippen molar-refractivity contribution in [3.63, 3.8) is 0 Å². The molecule has 3 amide bonds. The van der Waals surface area contributed by atoms with Crippen LogP contribution in [0.15, 0.2) is 36.7 Å². The summed E-state index contributed by atoms with van der Waals surface area (Å²) in [5, 5.41) is 4.50. The number of likely N-dealkylation sites (tertiary alicyclic amines) is 1. The zero-order chi connectivity index (χ0) is 22.6. The molecule has 0 saturated carbocycles. The van der Waals surface area contributed by atoms with E-state index in [4.69, 9.17) is 16.3 Å². The highest BCUT2D eigenvalue weighted by atomic mass is 35.5. The first kappa shape index (κ1) is 23.0. The molecule has 1 aliphatic heterocycles. The number of hydrogen-bond acceptors (Lipinski definition) is 5. The van der Waals surface area contributed by atoms with E-state index in [2.05, 4.69) is 5.10 Å². The Hall–Kier alpha value is -2.71. The fourth-order valence-electron chi connectivity index (χ4n) is 3.92. The number of methoxy groups -OCH3 is 1. The lowest BCUT2D eigenvalue weighted by atomic mass is 9.75. The lowest BCUT2D eigenvalue weighted by molar-refractivity contribution is -0.143. The van der Waals surface area contributed by atoms with E-state index < -0.39 is 11.3 Å². The Balaban J connectivity index is 1.84. The van der Waals surface area contributed by atoms with Gasteiger partial charge in [-0.2, -0.15) is 5.10 Å². The quantitative estimate of drug-likeness (QED) is 0.548. The molecule has 0 unspecified atom stereocenters. The molecule has 1 saturated heterocycles. The first-order valence-corrected chi connectivity index (χ1v) is 10.5. The number of benzene rings is 1. The molecule has 0 aliphatic carbocycles. The maximum Gasteiger partial charge on any atom is 0.241 e. The van der Waals surface area contributed by atoms with Crippen molar-refractivity contribution in [3.05, 3.63) is 52.8 Å². The van der Waals surface area contributed by atoms with Crippen molar-refractivity contribution >= 4 is 29.3 Å². The third-order valence-corrected chi connectivity index (χ3v) is 6.02. The maximum absolute atomic E-state index is 13.4. The van der Waals surface area contributed by atoms with Crippen LogP contribution in [0.4, 0.5) is 0 Å². The molecule has 1 aromatic carbocycles. The molecule has 166 valence electrons. The van der Waals surface area contributed by atoms with Crippen molar-refractivity contribution in [3.8, 4) is 0 Å². The number of carbonyl (C=O) groups is 3. The second kappa shape index (κ2) is 9.62. The standard InChI is InChI=1S/C22H27ClN4O4/c1-25(9-8-16-14-24-26(2)15-16)19(28)12-22(17-6-4-5-7-18(17)23)13-20(29)27(21(22)30)10-11-31-3/h4-7,14-15H,8-13H2,1-3H3/t22-/m0/s1. The number of nitrogens with zero attached hydrogens (tertiary/aromatic N) is 4. The van der Waals surface area contributed by atoms with E-state index in [9.17, 15) is 14.4 Å². The van der Waals surface area contributed by atoms with Crippen molar-refractivity contribution in [1.29, 1.82) is 0 Å². The highest BCUT2D eigenvalue weighted by molar-refractivity contribution is 6.32. The molecule has 2 aromatic rings. The first-order chi connectivity index (χ1) is 14.8. The zero-order valence-electron chi connectivity index (χ0n) is 18.0. The van der Waals surface area contributed by atoms with E-state index in [0.717, 1.165) is 5.56 Å². The van der Waals surface area contributed by atoms with Crippen LogP contribution in [0.2, 0.25) is 5.02 Å². The lowest BCUT2D eigenvalue weighted by Gasteiger charge is -2.30. The van der Waals surface area contributed by atoms with Crippen LogP contribution in [-0.2, 0) is 38.0 Å². The van der Waals surface area contributed by atoms with E-state index in [-0.39, 0.29) is 37.8 Å². The van der Waals surface area contributed by atoms with Gasteiger partial charge in [-0.3, -0.25) is 24.0 Å². The Morgan fingerprint density at radius 3 is 2.71 bits per heavy atom. The number of ether oxygens (including phenoxy) is 1. The molecule has 1 aromatic heterocycles. The highest BCUT2D eigenvalue weighted by Crippen LogP contribution is 2.43. The summed E-state index contributed by atoms with van der Waals surface area (Å²) < 4.78 is 6.75. The van der Waals surface area contributed by atoms with Gasteiger partial charge in [0.25, 0.3) is 0 Å². The van der Waals surface area contributed by atoms with E-state index in [1.165, 1.54) is 12.0 Å². The molecule has 0 spiro atoms. The molecule has 2 heterocycles. The van der Waals surface area contributed by atoms with Crippen LogP contribution in [0.1, 0.15) is 24.0 Å². The fourth-order valence-corrected chi connectivity index (χ4v) is 4.23. The number of rotatable bonds is 9. The van der Waals surface area contributed by atoms with Crippen LogP contribution < -0.4 is 0 Å². The molecule has 0 N–H and O–H groups in total. The zero-order valence-corrected chi connectivity index (χ0v) is 18.8. The number of aromatic nitrogens is 2. The smallest absolute Gasteiger partial charge is 0.241 e. The summed E-state index contributed by atoms with van der Waals surface area (Å²) in [4.78, 5) is 42.1. The predicted octanol–water partition coefficient (Wildman–Crippen LogP) is 1.81. The molecule has 31 heavy (non-hydrogen) atoms. The highest BCUT2D eigenvalue weighted by Gasteiger charge is 2.54. The molecular formula is C22H27ClN4O4. The maximum atomic E-state index is 13.4. The van der Waals surface area contributed by atoms with Gasteiger partial charge in [0.05, 0.1) is 24.8 Å². The van der Waals surface area contributed by atoms with E-state index in [0.29, 0.717) is 23.6 Å². The Morgan fingerprint density at radius 1 is 1.32 bits per heavy atom. The summed E-state index contributed by atoms with van der Waals surface area (Å²) in [5.74, 6) is -0.956. The van der Waals surface area contributed by atoms with Crippen LogP contribution in [0.5, 0.6) is 0 Å². The van der Waals surface area contributed by atoms with Crippen molar-refractivity contribution in [2.24, 2.45) is 7.05 Å². The SMILES string of the molecule is COCCN1C(=O)C[C@@](CC(=O)N(C)CCc2cnn(C)c2)(c2ccccc2Cl)C1=O. The average Bonchev–Trinajstić information content (AvgIpc) is 3.26. The van der Waals surface area contributed by atoms with Crippen LogP contribution in [0, 0.1) is 0 Å². The average molecular weight is 447 g/mol. The number of aryl methyl sites for hydroxylation is 1. The van der Waals surface area contributed by atoms with Gasteiger partial charge in [0.1, 0.15) is 0 Å². The normalized spacial score (nSPS) is 18.6. The third-order valence-electron chi connectivity index (χ3n) is 5.69. The van der Waals surface area contributed by atoms with Gasteiger partial charge < -0.3 is 9.64 Å². The Labute approximate surface area is 186 Å². The summed E-state index contributed by atoms with van der Waals surface area (Å²) in [7, 11) is 5.04. The van der Waals surface area contributed by atoms with E-state index >= 15 is 0 Å². The van der Waals surface area contributed by atoms with Gasteiger partial charge in [0.15, 0.2) is 0 Å². The molecule has 1 fully saturated rings. The predicted molar refractivity (Wildman–Crippen MR) is 116 cm³/mol. The summed E-state index contributed by atoms with van der Waals surface area (Å²) in [6.45, 7) is 0.846. The number of carbonyl (C=O) groups excluding carboxylic acids is 3. The van der Waals surface area contributed by atoms with Gasteiger partial charge in [-0.1, -0.05) is 29.8 Å². The van der Waals surface area contributed by atoms with E-state index in [1.54, 1.807) is 47.1 Å². The molecule has 3 rings (SSSR count). The third kappa shape index (κ3) is 4.80. The summed E-state index contributed by atoms with van der Waals surface area (Å²) in [6.07, 6.45) is 4.07. The van der Waals surface area contributed by atoms with Gasteiger partial charge in [0, 0.05) is 51.8 Å². The van der Waals surface area contributed by atoms with Crippen LogP contribution in [0.25, 0.3) is 0 Å². The van der Waals surface area contributed by atoms with Gasteiger partial charge >= 0.3 is 0 Å². The van der Waals surface area contributed by atoms with Gasteiger partial charge in [-0.15, -0.1) is 0 Å². The number of likely N-dealkylation sites (N-methyl/N-ethyl adjacent to an activating group) is 1. The number of hydrogen-bond donors (Lipinski definition) is 0. The van der Waals surface area contributed by atoms with Gasteiger partial charge in [-0.05, 0) is 23.6 Å². The number of imide groups is 1. The van der Waals surface area contributed by atoms with Crippen molar-refractivity contribution in [2.45, 2.75) is 24.7 Å². The van der Waals surface area contributed by atoms with Crippen molar-refractivity contribution in [2.75, 3.05) is 33.9 Å². The first-order valence-electron chi connectivity index (χ1n) is 10.1. The molecule has 1 atom stereocenters. The minimum absolute atomic E-state index is 0.0958.